The molecule has 0 saturated heterocycles. The van der Waals surface area contributed by atoms with E-state index in [9.17, 15) is 19.8 Å². The molecule has 27 heavy (non-hydrogen) atoms. The number of hydrogen-bond donors (Lipinski definition) is 2. The van der Waals surface area contributed by atoms with Crippen molar-refractivity contribution < 1.29 is 24.5 Å². The molecule has 2 aromatic rings. The van der Waals surface area contributed by atoms with Crippen LogP contribution in [0.5, 0.6) is 11.5 Å². The molecule has 7 heteroatoms. The summed E-state index contributed by atoms with van der Waals surface area (Å²) in [4.78, 5) is 23.9. The first-order valence-corrected chi connectivity index (χ1v) is 9.62. The van der Waals surface area contributed by atoms with Gasteiger partial charge in [0.2, 0.25) is 0 Å². The topological polar surface area (TPSA) is 83.8 Å². The highest BCUT2D eigenvalue weighted by Crippen LogP contribution is 2.53. The van der Waals surface area contributed by atoms with Crippen LogP contribution >= 0.6 is 31.9 Å². The Bertz CT molecular complexity index is 1050. The van der Waals surface area contributed by atoms with E-state index in [4.69, 9.17) is 4.74 Å². The predicted molar refractivity (Wildman–Crippen MR) is 105 cm³/mol. The Morgan fingerprint density at radius 2 is 1.81 bits per heavy atom. The Hall–Kier alpha value is -2.38. The van der Waals surface area contributed by atoms with Crippen LogP contribution in [0.25, 0.3) is 0 Å². The minimum atomic E-state index is -1.03. The lowest BCUT2D eigenvalue weighted by atomic mass is 9.74. The Labute approximate surface area is 171 Å². The molecule has 0 aromatic heterocycles. The monoisotopic (exact) mass is 490 g/mol. The summed E-state index contributed by atoms with van der Waals surface area (Å²) in [6, 6.07) is 10.0. The van der Waals surface area contributed by atoms with Crippen molar-refractivity contribution in [2.75, 3.05) is 0 Å². The molecule has 5 nitrogen and oxygen atoms in total. The number of carbonyl (C=O) groups excluding carboxylic acids is 1. The summed E-state index contributed by atoms with van der Waals surface area (Å²) in [5.41, 5.74) is 1.51. The highest BCUT2D eigenvalue weighted by atomic mass is 79.9. The molecular formula is C20H12Br2O5. The third-order valence-corrected chi connectivity index (χ3v) is 6.28. The Kier molecular flexibility index (Phi) is 4.44. The van der Waals surface area contributed by atoms with Crippen molar-refractivity contribution in [3.8, 4) is 11.5 Å². The average molecular weight is 492 g/mol. The van der Waals surface area contributed by atoms with E-state index in [2.05, 4.69) is 31.9 Å². The Morgan fingerprint density at radius 1 is 1.07 bits per heavy atom. The molecule has 0 amide bonds. The number of phenolic OH excluding ortho intramolecular Hbond substituents is 1. The molecule has 2 N–H and O–H groups in total. The minimum absolute atomic E-state index is 0.00753. The van der Waals surface area contributed by atoms with Crippen molar-refractivity contribution in [1.29, 1.82) is 0 Å². The van der Waals surface area contributed by atoms with Gasteiger partial charge in [0, 0.05) is 17.4 Å². The fourth-order valence-electron chi connectivity index (χ4n) is 3.53. The first kappa shape index (κ1) is 18.0. The van der Waals surface area contributed by atoms with Crippen LogP contribution in [0.2, 0.25) is 0 Å². The number of hydrogen-bond acceptors (Lipinski definition) is 4. The highest BCUT2D eigenvalue weighted by molar-refractivity contribution is 9.12. The van der Waals surface area contributed by atoms with Gasteiger partial charge in [0.05, 0.1) is 5.56 Å². The van der Waals surface area contributed by atoms with Crippen LogP contribution in [0, 0.1) is 5.92 Å². The van der Waals surface area contributed by atoms with Crippen molar-refractivity contribution in [3.05, 3.63) is 80.0 Å². The van der Waals surface area contributed by atoms with Gasteiger partial charge < -0.3 is 14.9 Å². The molecule has 0 spiro atoms. The number of allylic oxidation sites excluding steroid dienone is 3. The van der Waals surface area contributed by atoms with Gasteiger partial charge in [-0.1, -0.05) is 30.3 Å². The summed E-state index contributed by atoms with van der Waals surface area (Å²) in [6.07, 6.45) is 3.19. The van der Waals surface area contributed by atoms with Gasteiger partial charge in [0.1, 0.15) is 26.2 Å². The average Bonchev–Trinajstić information content (AvgIpc) is 2.66. The number of ether oxygens (including phenoxy) is 1. The second-order valence-electron chi connectivity index (χ2n) is 6.22. The number of phenols is 1. The van der Waals surface area contributed by atoms with Crippen molar-refractivity contribution >= 4 is 43.6 Å². The molecule has 0 radical (unpaired) electrons. The Morgan fingerprint density at radius 3 is 2.56 bits per heavy atom. The first-order valence-electron chi connectivity index (χ1n) is 8.03. The number of halogens is 2. The van der Waals surface area contributed by atoms with Crippen LogP contribution in [0.15, 0.2) is 63.3 Å². The van der Waals surface area contributed by atoms with Crippen LogP contribution in [-0.4, -0.2) is 22.0 Å². The van der Waals surface area contributed by atoms with E-state index in [1.54, 1.807) is 36.4 Å². The lowest BCUT2D eigenvalue weighted by Crippen LogP contribution is -2.29. The minimum Gasteiger partial charge on any atom is -0.507 e. The molecule has 1 aliphatic carbocycles. The van der Waals surface area contributed by atoms with Gasteiger partial charge in [-0.2, -0.15) is 0 Å². The van der Waals surface area contributed by atoms with Crippen molar-refractivity contribution in [1.82, 2.24) is 0 Å². The second kappa shape index (κ2) is 6.65. The van der Waals surface area contributed by atoms with Crippen LogP contribution in [0.4, 0.5) is 0 Å². The van der Waals surface area contributed by atoms with E-state index in [0.717, 1.165) is 5.56 Å². The third-order valence-electron chi connectivity index (χ3n) is 4.73. The van der Waals surface area contributed by atoms with Crippen molar-refractivity contribution in [2.45, 2.75) is 5.92 Å². The molecule has 2 atom stereocenters. The van der Waals surface area contributed by atoms with Crippen molar-refractivity contribution in [2.24, 2.45) is 5.92 Å². The number of carboxylic acids is 1. The van der Waals surface area contributed by atoms with Gasteiger partial charge in [-0.15, -0.1) is 0 Å². The lowest BCUT2D eigenvalue weighted by molar-refractivity contribution is -0.111. The smallest absolute Gasteiger partial charge is 0.335 e. The van der Waals surface area contributed by atoms with Gasteiger partial charge in [-0.3, -0.25) is 4.79 Å². The standard InChI is InChI=1S/C20H12Br2O5/c21-16-13(23)7-5-11-15(9-3-1-2-4-10(9)20(25)26)12-6-8-14(24)17(22)19(12)27-18(11)16/h1-8,11,15,24H,(H,25,26)/t11-,15-/m1/s1. The summed E-state index contributed by atoms with van der Waals surface area (Å²) < 4.78 is 6.63. The van der Waals surface area contributed by atoms with Crippen LogP contribution in [-0.2, 0) is 4.79 Å². The van der Waals surface area contributed by atoms with Gasteiger partial charge >= 0.3 is 5.97 Å². The van der Waals surface area contributed by atoms with E-state index in [1.807, 2.05) is 0 Å². The van der Waals surface area contributed by atoms with Gasteiger partial charge in [-0.05, 0) is 55.6 Å². The number of aromatic carboxylic acids is 1. The number of carbonyl (C=O) groups is 2. The van der Waals surface area contributed by atoms with E-state index >= 15 is 0 Å². The fraction of sp³-hybridized carbons (Fsp3) is 0.100. The molecular weight excluding hydrogens is 480 g/mol. The third kappa shape index (κ3) is 2.82. The molecule has 1 aliphatic heterocycles. The molecule has 1 heterocycles. The summed E-state index contributed by atoms with van der Waals surface area (Å²) in [5.74, 6) is -1.26. The van der Waals surface area contributed by atoms with Crippen molar-refractivity contribution in [3.63, 3.8) is 0 Å². The molecule has 136 valence electrons. The number of aromatic hydroxyl groups is 1. The Balaban J connectivity index is 2.03. The molecule has 0 unspecified atom stereocenters. The van der Waals surface area contributed by atoms with E-state index in [-0.39, 0.29) is 27.5 Å². The van der Waals surface area contributed by atoms with E-state index in [0.29, 0.717) is 21.5 Å². The number of rotatable bonds is 2. The number of fused-ring (bicyclic) bond motifs is 2. The largest absolute Gasteiger partial charge is 0.507 e. The van der Waals surface area contributed by atoms with E-state index < -0.39 is 11.9 Å². The first-order chi connectivity index (χ1) is 12.9. The summed E-state index contributed by atoms with van der Waals surface area (Å²) >= 11 is 6.63. The maximum absolute atomic E-state index is 12.1. The highest BCUT2D eigenvalue weighted by Gasteiger charge is 2.41. The van der Waals surface area contributed by atoms with Crippen LogP contribution in [0.1, 0.15) is 27.4 Å². The molecule has 2 aromatic carbocycles. The predicted octanol–water partition coefficient (Wildman–Crippen LogP) is 4.74. The fourth-order valence-corrected chi connectivity index (χ4v) is 4.45. The number of ketones is 1. The normalized spacial score (nSPS) is 20.7. The SMILES string of the molecule is O=C1C=C[C@H]2C(=C1Br)Oc1c(ccc(O)c1Br)[C@@H]2c1ccccc1C(=O)O. The van der Waals surface area contributed by atoms with Gasteiger partial charge in [0.25, 0.3) is 0 Å². The van der Waals surface area contributed by atoms with Gasteiger partial charge in [0.15, 0.2) is 5.78 Å². The quantitative estimate of drug-likeness (QED) is 0.633. The van der Waals surface area contributed by atoms with E-state index in [1.165, 1.54) is 12.1 Å². The molecule has 0 bridgehead atoms. The summed E-state index contributed by atoms with van der Waals surface area (Å²) in [6.45, 7) is 0. The number of carboxylic acid groups (broad SMARTS) is 1. The zero-order valence-corrected chi connectivity index (χ0v) is 16.8. The number of benzene rings is 2. The zero-order chi connectivity index (χ0) is 19.3. The second-order valence-corrected chi connectivity index (χ2v) is 7.80. The van der Waals surface area contributed by atoms with Crippen LogP contribution in [0.3, 0.4) is 0 Å². The summed E-state index contributed by atoms with van der Waals surface area (Å²) in [5, 5.41) is 19.7. The zero-order valence-electron chi connectivity index (χ0n) is 13.6. The van der Waals surface area contributed by atoms with Crippen LogP contribution < -0.4 is 4.74 Å². The molecule has 0 saturated carbocycles. The maximum atomic E-state index is 12.1. The molecule has 4 rings (SSSR count). The molecule has 0 fully saturated rings. The molecule has 2 aliphatic rings. The lowest BCUT2D eigenvalue weighted by Gasteiger charge is -2.37. The summed E-state index contributed by atoms with van der Waals surface area (Å²) in [7, 11) is 0. The maximum Gasteiger partial charge on any atom is 0.335 e. The van der Waals surface area contributed by atoms with Gasteiger partial charge in [-0.25, -0.2) is 4.79 Å².